The number of thiazole rings is 1. The van der Waals surface area contributed by atoms with Crippen molar-refractivity contribution in [1.29, 1.82) is 0 Å². The molecule has 6 nitrogen and oxygen atoms in total. The largest absolute Gasteiger partial charge is 0.342 e. The molecule has 4 rings (SSSR count). The van der Waals surface area contributed by atoms with E-state index in [0.29, 0.717) is 5.92 Å². The first-order valence-electron chi connectivity index (χ1n) is 10.3. The normalized spacial score (nSPS) is 23.6. The summed E-state index contributed by atoms with van der Waals surface area (Å²) in [6, 6.07) is 6.16. The molecule has 2 aromatic rings. The van der Waals surface area contributed by atoms with Crippen LogP contribution in [0.15, 0.2) is 24.4 Å². The molecule has 3 heterocycles. The zero-order chi connectivity index (χ0) is 19.5. The molecular formula is C21H29N5OS. The van der Waals surface area contributed by atoms with Gasteiger partial charge in [-0.3, -0.25) is 4.79 Å². The summed E-state index contributed by atoms with van der Waals surface area (Å²) in [5.74, 6) is 1.52. The summed E-state index contributed by atoms with van der Waals surface area (Å²) >= 11 is 1.62. The Labute approximate surface area is 170 Å². The number of rotatable bonds is 4. The third-order valence-corrected chi connectivity index (χ3v) is 6.82. The Morgan fingerprint density at radius 2 is 2.00 bits per heavy atom. The van der Waals surface area contributed by atoms with E-state index >= 15 is 0 Å². The van der Waals surface area contributed by atoms with Crippen LogP contribution in [0.1, 0.15) is 55.0 Å². The zero-order valence-electron chi connectivity index (χ0n) is 16.4. The number of nitrogens with two attached hydrogens (primary N) is 1. The van der Waals surface area contributed by atoms with Gasteiger partial charge in [0, 0.05) is 41.8 Å². The van der Waals surface area contributed by atoms with Crippen LogP contribution in [0, 0.1) is 12.8 Å². The number of amides is 1. The Morgan fingerprint density at radius 1 is 1.21 bits per heavy atom. The number of likely N-dealkylation sites (tertiary alicyclic amines) is 1. The second-order valence-electron chi connectivity index (χ2n) is 8.00. The van der Waals surface area contributed by atoms with Gasteiger partial charge >= 0.3 is 0 Å². The number of carbonyl (C=O) groups excluding carboxylic acids is 1. The third kappa shape index (κ3) is 4.36. The highest BCUT2D eigenvalue weighted by molar-refractivity contribution is 7.15. The summed E-state index contributed by atoms with van der Waals surface area (Å²) in [4.78, 5) is 25.2. The van der Waals surface area contributed by atoms with Gasteiger partial charge in [0.25, 0.3) is 0 Å². The van der Waals surface area contributed by atoms with Crippen LogP contribution in [0.5, 0.6) is 0 Å². The number of hydrogen-bond acceptors (Lipinski definition) is 6. The summed E-state index contributed by atoms with van der Waals surface area (Å²) in [6.07, 6.45) is 8.00. The number of anilines is 2. The number of carbonyl (C=O) groups is 1. The van der Waals surface area contributed by atoms with E-state index in [0.717, 1.165) is 68.3 Å². The van der Waals surface area contributed by atoms with Crippen LogP contribution in [-0.2, 0) is 4.79 Å². The Bertz CT molecular complexity index is 815. The van der Waals surface area contributed by atoms with Gasteiger partial charge in [-0.05, 0) is 44.7 Å². The van der Waals surface area contributed by atoms with Crippen LogP contribution in [-0.4, -0.2) is 39.9 Å². The zero-order valence-corrected chi connectivity index (χ0v) is 17.3. The van der Waals surface area contributed by atoms with E-state index < -0.39 is 0 Å². The maximum absolute atomic E-state index is 12.9. The van der Waals surface area contributed by atoms with Crippen molar-refractivity contribution in [3.8, 4) is 0 Å². The molecule has 150 valence electrons. The summed E-state index contributed by atoms with van der Waals surface area (Å²) in [6.45, 7) is 3.65. The Hall–Kier alpha value is -1.99. The minimum atomic E-state index is 0.0257. The minimum absolute atomic E-state index is 0.0257. The molecule has 28 heavy (non-hydrogen) atoms. The van der Waals surface area contributed by atoms with E-state index in [1.165, 1.54) is 4.88 Å². The molecule has 2 fully saturated rings. The van der Waals surface area contributed by atoms with Crippen molar-refractivity contribution in [1.82, 2.24) is 14.9 Å². The van der Waals surface area contributed by atoms with E-state index in [1.54, 1.807) is 11.3 Å². The van der Waals surface area contributed by atoms with Crippen LogP contribution in [0.2, 0.25) is 0 Å². The predicted molar refractivity (Wildman–Crippen MR) is 113 cm³/mol. The van der Waals surface area contributed by atoms with Crippen LogP contribution < -0.4 is 11.1 Å². The molecule has 0 aromatic carbocycles. The fourth-order valence-electron chi connectivity index (χ4n) is 4.37. The SMILES string of the molecule is Cc1cnc(Nc2cccc(C3CCN(C(=O)[C@H]4CCCC[C@H]4N)CC3)n2)s1. The van der Waals surface area contributed by atoms with Gasteiger partial charge in [0.05, 0.1) is 5.92 Å². The molecular weight excluding hydrogens is 370 g/mol. The van der Waals surface area contributed by atoms with Gasteiger partial charge in [0.1, 0.15) is 5.82 Å². The number of nitrogens with zero attached hydrogens (tertiary/aromatic N) is 3. The van der Waals surface area contributed by atoms with Crippen molar-refractivity contribution in [3.05, 3.63) is 35.0 Å². The highest BCUT2D eigenvalue weighted by Crippen LogP contribution is 2.31. The minimum Gasteiger partial charge on any atom is -0.342 e. The Kier molecular flexibility index (Phi) is 5.92. The second-order valence-corrected chi connectivity index (χ2v) is 9.24. The van der Waals surface area contributed by atoms with Gasteiger partial charge in [-0.1, -0.05) is 18.9 Å². The third-order valence-electron chi connectivity index (χ3n) is 5.99. The molecule has 2 aliphatic rings. The standard InChI is InChI=1S/C21H29N5OS/c1-14-13-23-21(28-14)25-19-8-4-7-18(24-19)15-9-11-26(12-10-15)20(27)16-5-2-3-6-17(16)22/h4,7-8,13,15-17H,2-3,5-6,9-12,22H2,1H3,(H,23,24,25)/t16-,17+/m0/s1. The molecule has 0 unspecified atom stereocenters. The fraction of sp³-hybridized carbons (Fsp3) is 0.571. The molecule has 2 atom stereocenters. The van der Waals surface area contributed by atoms with Gasteiger partial charge in [0.15, 0.2) is 5.13 Å². The van der Waals surface area contributed by atoms with Gasteiger partial charge in [0.2, 0.25) is 5.91 Å². The topological polar surface area (TPSA) is 84.1 Å². The average Bonchev–Trinajstić information content (AvgIpc) is 3.13. The summed E-state index contributed by atoms with van der Waals surface area (Å²) < 4.78 is 0. The van der Waals surface area contributed by atoms with Crippen molar-refractivity contribution < 1.29 is 4.79 Å². The first-order chi connectivity index (χ1) is 13.6. The molecule has 1 aliphatic carbocycles. The first kappa shape index (κ1) is 19.3. The summed E-state index contributed by atoms with van der Waals surface area (Å²) in [5.41, 5.74) is 7.31. The fourth-order valence-corrected chi connectivity index (χ4v) is 5.04. The number of aromatic nitrogens is 2. The van der Waals surface area contributed by atoms with Gasteiger partial charge in [-0.2, -0.15) is 0 Å². The maximum atomic E-state index is 12.9. The number of piperidine rings is 1. The molecule has 7 heteroatoms. The van der Waals surface area contributed by atoms with E-state index in [2.05, 4.69) is 16.4 Å². The number of pyridine rings is 1. The molecule has 0 spiro atoms. The van der Waals surface area contributed by atoms with Crippen molar-refractivity contribution in [2.75, 3.05) is 18.4 Å². The van der Waals surface area contributed by atoms with E-state index in [1.807, 2.05) is 30.2 Å². The van der Waals surface area contributed by atoms with Crippen LogP contribution in [0.25, 0.3) is 0 Å². The highest BCUT2D eigenvalue weighted by Gasteiger charge is 2.33. The predicted octanol–water partition coefficient (Wildman–Crippen LogP) is 3.81. The lowest BCUT2D eigenvalue weighted by Crippen LogP contribution is -2.48. The molecule has 1 aliphatic heterocycles. The average molecular weight is 400 g/mol. The maximum Gasteiger partial charge on any atom is 0.227 e. The summed E-state index contributed by atoms with van der Waals surface area (Å²) in [7, 11) is 0. The lowest BCUT2D eigenvalue weighted by Gasteiger charge is -2.37. The molecule has 2 aromatic heterocycles. The number of nitrogens with one attached hydrogen (secondary N) is 1. The quantitative estimate of drug-likeness (QED) is 0.817. The van der Waals surface area contributed by atoms with E-state index in [4.69, 9.17) is 10.7 Å². The number of aryl methyl sites for hydroxylation is 1. The molecule has 1 saturated carbocycles. The van der Waals surface area contributed by atoms with Crippen LogP contribution in [0.3, 0.4) is 0 Å². The van der Waals surface area contributed by atoms with Crippen LogP contribution >= 0.6 is 11.3 Å². The van der Waals surface area contributed by atoms with Crippen molar-refractivity contribution in [2.45, 2.75) is 57.4 Å². The lowest BCUT2D eigenvalue weighted by molar-refractivity contribution is -0.138. The number of hydrogen-bond donors (Lipinski definition) is 2. The molecule has 0 bridgehead atoms. The van der Waals surface area contributed by atoms with Gasteiger partial charge in [-0.25, -0.2) is 9.97 Å². The first-order valence-corrected chi connectivity index (χ1v) is 11.1. The molecule has 3 N–H and O–H groups in total. The molecule has 0 radical (unpaired) electrons. The monoisotopic (exact) mass is 399 g/mol. The molecule has 1 amide bonds. The van der Waals surface area contributed by atoms with E-state index in [9.17, 15) is 4.79 Å². The second kappa shape index (κ2) is 8.57. The van der Waals surface area contributed by atoms with Crippen molar-refractivity contribution >= 4 is 28.2 Å². The van der Waals surface area contributed by atoms with Crippen LogP contribution in [0.4, 0.5) is 10.9 Å². The van der Waals surface area contributed by atoms with E-state index in [-0.39, 0.29) is 17.9 Å². The van der Waals surface area contributed by atoms with Crippen molar-refractivity contribution in [2.24, 2.45) is 11.7 Å². The van der Waals surface area contributed by atoms with Crippen molar-refractivity contribution in [3.63, 3.8) is 0 Å². The smallest absolute Gasteiger partial charge is 0.227 e. The van der Waals surface area contributed by atoms with Gasteiger partial charge < -0.3 is 16.0 Å². The highest BCUT2D eigenvalue weighted by atomic mass is 32.1. The summed E-state index contributed by atoms with van der Waals surface area (Å²) in [5, 5.41) is 4.16. The lowest BCUT2D eigenvalue weighted by atomic mass is 9.83. The van der Waals surface area contributed by atoms with Gasteiger partial charge in [-0.15, -0.1) is 11.3 Å². The Balaban J connectivity index is 1.36. The molecule has 1 saturated heterocycles. The Morgan fingerprint density at radius 3 is 2.71 bits per heavy atom.